The smallest absolute Gasteiger partial charge is 0.263 e. The summed E-state index contributed by atoms with van der Waals surface area (Å²) >= 11 is 0. The van der Waals surface area contributed by atoms with E-state index in [0.29, 0.717) is 17.5 Å². The Balaban J connectivity index is 2.02. The van der Waals surface area contributed by atoms with E-state index in [-0.39, 0.29) is 0 Å². The van der Waals surface area contributed by atoms with Gasteiger partial charge in [0.15, 0.2) is 5.82 Å². The first-order chi connectivity index (χ1) is 7.66. The van der Waals surface area contributed by atoms with E-state index >= 15 is 0 Å². The summed E-state index contributed by atoms with van der Waals surface area (Å²) in [6, 6.07) is 3.68. The van der Waals surface area contributed by atoms with Gasteiger partial charge in [-0.2, -0.15) is 5.10 Å². The number of aromatic nitrogens is 3. The maximum Gasteiger partial charge on any atom is 0.263 e. The van der Waals surface area contributed by atoms with Crippen molar-refractivity contribution in [2.24, 2.45) is 5.10 Å². The lowest BCUT2D eigenvalue weighted by Gasteiger charge is -1.98. The first kappa shape index (κ1) is 10.2. The molecule has 7 nitrogen and oxygen atoms in total. The highest BCUT2D eigenvalue weighted by Crippen LogP contribution is 2.04. The highest BCUT2D eigenvalue weighted by molar-refractivity contribution is 5.76. The van der Waals surface area contributed by atoms with Crippen molar-refractivity contribution in [3.63, 3.8) is 0 Å². The van der Waals surface area contributed by atoms with Gasteiger partial charge in [-0.15, -0.1) is 10.2 Å². The summed E-state index contributed by atoms with van der Waals surface area (Å²) in [5.41, 5.74) is 2.67. The molecule has 0 saturated heterocycles. The summed E-state index contributed by atoms with van der Waals surface area (Å²) < 4.78 is 6.60. The van der Waals surface area contributed by atoms with E-state index in [4.69, 9.17) is 10.3 Å². The zero-order chi connectivity index (χ0) is 11.5. The van der Waals surface area contributed by atoms with Gasteiger partial charge in [0.05, 0.1) is 6.21 Å². The zero-order valence-corrected chi connectivity index (χ0v) is 9.01. The van der Waals surface area contributed by atoms with Crippen LogP contribution in [0, 0.1) is 13.8 Å². The van der Waals surface area contributed by atoms with Crippen LogP contribution in [-0.2, 0) is 0 Å². The van der Waals surface area contributed by atoms with Crippen LogP contribution in [0.3, 0.4) is 0 Å². The standard InChI is InChI=1S/C9H12N6O/c1-6-3-4-8(16-6)5-11-13-9-14-12-7(2)15(9)10/h3-5H,10H2,1-2H3,(H,13,14). The molecule has 0 aliphatic heterocycles. The van der Waals surface area contributed by atoms with E-state index in [0.717, 1.165) is 5.76 Å². The van der Waals surface area contributed by atoms with Crippen LogP contribution >= 0.6 is 0 Å². The third-order valence-corrected chi connectivity index (χ3v) is 1.98. The first-order valence-corrected chi connectivity index (χ1v) is 4.69. The van der Waals surface area contributed by atoms with Crippen molar-refractivity contribution in [3.05, 3.63) is 29.5 Å². The first-order valence-electron chi connectivity index (χ1n) is 4.69. The highest BCUT2D eigenvalue weighted by Gasteiger charge is 2.02. The van der Waals surface area contributed by atoms with Crippen LogP contribution in [-0.4, -0.2) is 21.1 Å². The monoisotopic (exact) mass is 220 g/mol. The van der Waals surface area contributed by atoms with Gasteiger partial charge in [-0.25, -0.2) is 10.1 Å². The van der Waals surface area contributed by atoms with Crippen molar-refractivity contribution < 1.29 is 4.42 Å². The fraction of sp³-hybridized carbons (Fsp3) is 0.222. The lowest BCUT2D eigenvalue weighted by atomic mass is 10.4. The predicted octanol–water partition coefficient (Wildman–Crippen LogP) is 0.648. The molecule has 84 valence electrons. The Kier molecular flexibility index (Phi) is 2.59. The Morgan fingerprint density at radius 3 is 2.81 bits per heavy atom. The number of nitrogens with one attached hydrogen (secondary N) is 1. The van der Waals surface area contributed by atoms with Crippen molar-refractivity contribution in [3.8, 4) is 0 Å². The van der Waals surface area contributed by atoms with Crippen LogP contribution in [0.2, 0.25) is 0 Å². The molecule has 2 heterocycles. The van der Waals surface area contributed by atoms with Gasteiger partial charge in [-0.1, -0.05) is 0 Å². The Bertz CT molecular complexity index is 512. The lowest BCUT2D eigenvalue weighted by Crippen LogP contribution is -2.13. The van der Waals surface area contributed by atoms with Crippen molar-refractivity contribution in [1.82, 2.24) is 14.9 Å². The molecule has 0 aliphatic carbocycles. The molecule has 2 aromatic heterocycles. The SMILES string of the molecule is Cc1ccc(C=NNc2nnc(C)n2N)o1. The Labute approximate surface area is 91.9 Å². The van der Waals surface area contributed by atoms with E-state index in [1.54, 1.807) is 6.92 Å². The summed E-state index contributed by atoms with van der Waals surface area (Å²) in [6.45, 7) is 3.61. The van der Waals surface area contributed by atoms with Crippen molar-refractivity contribution in [1.29, 1.82) is 0 Å². The number of hydrogen-bond donors (Lipinski definition) is 2. The second-order valence-corrected chi connectivity index (χ2v) is 3.26. The van der Waals surface area contributed by atoms with E-state index in [9.17, 15) is 0 Å². The maximum atomic E-state index is 5.62. The second kappa shape index (κ2) is 4.05. The Morgan fingerprint density at radius 2 is 2.25 bits per heavy atom. The number of rotatable bonds is 3. The Morgan fingerprint density at radius 1 is 1.44 bits per heavy atom. The number of furan rings is 1. The summed E-state index contributed by atoms with van der Waals surface area (Å²) in [5.74, 6) is 8.08. The van der Waals surface area contributed by atoms with E-state index in [2.05, 4.69) is 20.7 Å². The highest BCUT2D eigenvalue weighted by atomic mass is 16.3. The molecule has 0 radical (unpaired) electrons. The quantitative estimate of drug-likeness (QED) is 0.450. The number of nitrogen functional groups attached to an aromatic ring is 1. The molecule has 0 saturated carbocycles. The third kappa shape index (κ3) is 2.02. The molecule has 0 fully saturated rings. The van der Waals surface area contributed by atoms with Crippen LogP contribution in [0.4, 0.5) is 5.95 Å². The lowest BCUT2D eigenvalue weighted by molar-refractivity contribution is 0.528. The van der Waals surface area contributed by atoms with Crippen molar-refractivity contribution >= 4 is 12.2 Å². The van der Waals surface area contributed by atoms with Crippen LogP contribution in [0.1, 0.15) is 17.3 Å². The molecular weight excluding hydrogens is 208 g/mol. The number of hydrogen-bond acceptors (Lipinski definition) is 6. The minimum absolute atomic E-state index is 0.372. The average molecular weight is 220 g/mol. The van der Waals surface area contributed by atoms with Gasteiger partial charge in [-0.05, 0) is 26.0 Å². The summed E-state index contributed by atoms with van der Waals surface area (Å²) in [6.07, 6.45) is 1.54. The van der Waals surface area contributed by atoms with E-state index in [1.165, 1.54) is 10.9 Å². The topological polar surface area (TPSA) is 94.3 Å². The predicted molar refractivity (Wildman–Crippen MR) is 59.6 cm³/mol. The summed E-state index contributed by atoms with van der Waals surface area (Å²) in [7, 11) is 0. The van der Waals surface area contributed by atoms with Gasteiger partial charge >= 0.3 is 0 Å². The van der Waals surface area contributed by atoms with Gasteiger partial charge in [0.2, 0.25) is 0 Å². The molecule has 16 heavy (non-hydrogen) atoms. The van der Waals surface area contributed by atoms with Gasteiger partial charge < -0.3 is 10.3 Å². The van der Waals surface area contributed by atoms with Crippen molar-refractivity contribution in [2.45, 2.75) is 13.8 Å². The molecule has 2 aromatic rings. The normalized spacial score (nSPS) is 11.1. The zero-order valence-electron chi connectivity index (χ0n) is 9.01. The largest absolute Gasteiger partial charge is 0.460 e. The van der Waals surface area contributed by atoms with Crippen LogP contribution < -0.4 is 11.3 Å². The minimum Gasteiger partial charge on any atom is -0.460 e. The minimum atomic E-state index is 0.372. The number of nitrogens with zero attached hydrogens (tertiary/aromatic N) is 4. The van der Waals surface area contributed by atoms with Gasteiger partial charge in [0, 0.05) is 0 Å². The molecule has 0 aliphatic rings. The van der Waals surface area contributed by atoms with Gasteiger partial charge in [0.1, 0.15) is 11.5 Å². The van der Waals surface area contributed by atoms with Gasteiger partial charge in [0.25, 0.3) is 5.95 Å². The molecule has 2 rings (SSSR count). The molecule has 0 aromatic carbocycles. The molecule has 0 spiro atoms. The molecule has 0 amide bonds. The molecule has 0 unspecified atom stereocenters. The average Bonchev–Trinajstić information content (AvgIpc) is 2.79. The molecule has 0 bridgehead atoms. The number of hydrazone groups is 1. The summed E-state index contributed by atoms with van der Waals surface area (Å²) in [5, 5.41) is 11.5. The molecular formula is C9H12N6O. The van der Waals surface area contributed by atoms with Crippen LogP contribution in [0.15, 0.2) is 21.7 Å². The molecule has 7 heteroatoms. The van der Waals surface area contributed by atoms with Crippen molar-refractivity contribution in [2.75, 3.05) is 11.3 Å². The van der Waals surface area contributed by atoms with E-state index in [1.807, 2.05) is 19.1 Å². The fourth-order valence-corrected chi connectivity index (χ4v) is 1.12. The fourth-order valence-electron chi connectivity index (χ4n) is 1.12. The molecule has 3 N–H and O–H groups in total. The van der Waals surface area contributed by atoms with Crippen LogP contribution in [0.5, 0.6) is 0 Å². The second-order valence-electron chi connectivity index (χ2n) is 3.26. The number of nitrogens with two attached hydrogens (primary N) is 1. The Hall–Kier alpha value is -2.31. The molecule has 0 atom stereocenters. The maximum absolute atomic E-state index is 5.62. The number of aryl methyl sites for hydroxylation is 2. The third-order valence-electron chi connectivity index (χ3n) is 1.98. The van der Waals surface area contributed by atoms with Gasteiger partial charge in [-0.3, -0.25) is 0 Å². The van der Waals surface area contributed by atoms with E-state index < -0.39 is 0 Å². The van der Waals surface area contributed by atoms with Crippen LogP contribution in [0.25, 0.3) is 0 Å². The number of anilines is 1. The summed E-state index contributed by atoms with van der Waals surface area (Å²) in [4.78, 5) is 0.